The molecule has 3 rings (SSSR count). The smallest absolute Gasteiger partial charge is 0.101 e. The van der Waals surface area contributed by atoms with Gasteiger partial charge in [0.2, 0.25) is 0 Å². The molecular formula is C11H13N3S. The average Bonchev–Trinajstić information content (AvgIpc) is 2.60. The molecule has 78 valence electrons. The number of fused-ring (bicyclic) bond motifs is 1. The van der Waals surface area contributed by atoms with Crippen LogP contribution in [0.15, 0.2) is 18.5 Å². The first kappa shape index (κ1) is 9.24. The Morgan fingerprint density at radius 3 is 2.93 bits per heavy atom. The van der Waals surface area contributed by atoms with Gasteiger partial charge in [0.05, 0.1) is 16.4 Å². The molecule has 2 aromatic heterocycles. The van der Waals surface area contributed by atoms with Crippen molar-refractivity contribution in [2.45, 2.75) is 24.7 Å². The minimum absolute atomic E-state index is 0.184. The van der Waals surface area contributed by atoms with Crippen LogP contribution in [0.1, 0.15) is 24.3 Å². The lowest BCUT2D eigenvalue weighted by molar-refractivity contribution is 0.252. The Kier molecular flexibility index (Phi) is 2.00. The summed E-state index contributed by atoms with van der Waals surface area (Å²) in [6, 6.07) is 2.03. The summed E-state index contributed by atoms with van der Waals surface area (Å²) >= 11 is 1.77. The minimum atomic E-state index is 0.184. The van der Waals surface area contributed by atoms with Gasteiger partial charge in [-0.25, -0.2) is 4.98 Å². The van der Waals surface area contributed by atoms with Crippen LogP contribution in [0.5, 0.6) is 0 Å². The number of nitrogens with zero attached hydrogens (tertiary/aromatic N) is 2. The van der Waals surface area contributed by atoms with Crippen molar-refractivity contribution in [2.24, 2.45) is 5.73 Å². The normalized spacial score (nSPS) is 19.0. The lowest BCUT2D eigenvalue weighted by Crippen LogP contribution is -2.41. The van der Waals surface area contributed by atoms with E-state index in [9.17, 15) is 0 Å². The van der Waals surface area contributed by atoms with Crippen molar-refractivity contribution < 1.29 is 0 Å². The van der Waals surface area contributed by atoms with E-state index in [-0.39, 0.29) is 5.41 Å². The summed E-state index contributed by atoms with van der Waals surface area (Å²) < 4.78 is 1.22. The molecule has 0 spiro atoms. The molecule has 0 saturated heterocycles. The lowest BCUT2D eigenvalue weighted by atomic mass is 9.69. The molecule has 1 aliphatic rings. The molecule has 0 aromatic carbocycles. The third kappa shape index (κ3) is 1.28. The summed E-state index contributed by atoms with van der Waals surface area (Å²) in [5.41, 5.74) is 7.07. The third-order valence-electron chi connectivity index (χ3n) is 3.34. The highest BCUT2D eigenvalue weighted by molar-refractivity contribution is 7.18. The zero-order valence-corrected chi connectivity index (χ0v) is 9.26. The van der Waals surface area contributed by atoms with Gasteiger partial charge in [-0.1, -0.05) is 6.42 Å². The van der Waals surface area contributed by atoms with Crippen molar-refractivity contribution >= 4 is 21.6 Å². The van der Waals surface area contributed by atoms with E-state index >= 15 is 0 Å². The Bertz CT molecular complexity index is 449. The number of rotatable bonds is 2. The van der Waals surface area contributed by atoms with E-state index in [0.717, 1.165) is 12.1 Å². The predicted octanol–water partition coefficient (Wildman–Crippen LogP) is 2.07. The molecule has 2 N–H and O–H groups in total. The monoisotopic (exact) mass is 219 g/mol. The second-order valence-electron chi connectivity index (χ2n) is 4.20. The molecule has 15 heavy (non-hydrogen) atoms. The Labute approximate surface area is 92.4 Å². The van der Waals surface area contributed by atoms with Gasteiger partial charge in [0.1, 0.15) is 5.01 Å². The van der Waals surface area contributed by atoms with Crippen LogP contribution in [0.2, 0.25) is 0 Å². The van der Waals surface area contributed by atoms with Gasteiger partial charge in [-0.2, -0.15) is 0 Å². The molecule has 1 saturated carbocycles. The second kappa shape index (κ2) is 3.25. The molecular weight excluding hydrogens is 206 g/mol. The predicted molar refractivity (Wildman–Crippen MR) is 62.0 cm³/mol. The molecule has 0 bridgehead atoms. The number of hydrogen-bond acceptors (Lipinski definition) is 4. The van der Waals surface area contributed by atoms with Gasteiger partial charge in [0.25, 0.3) is 0 Å². The van der Waals surface area contributed by atoms with E-state index in [1.54, 1.807) is 11.3 Å². The van der Waals surface area contributed by atoms with E-state index in [0.29, 0.717) is 0 Å². The fraction of sp³-hybridized carbons (Fsp3) is 0.455. The molecule has 0 radical (unpaired) electrons. The molecule has 2 heterocycles. The van der Waals surface area contributed by atoms with Crippen LogP contribution in [0.4, 0.5) is 0 Å². The van der Waals surface area contributed by atoms with Crippen LogP contribution in [0.3, 0.4) is 0 Å². The van der Waals surface area contributed by atoms with Gasteiger partial charge >= 0.3 is 0 Å². The van der Waals surface area contributed by atoms with E-state index in [2.05, 4.69) is 9.97 Å². The van der Waals surface area contributed by atoms with Crippen LogP contribution in [-0.4, -0.2) is 16.5 Å². The molecule has 0 atom stereocenters. The van der Waals surface area contributed by atoms with Crippen LogP contribution in [0, 0.1) is 0 Å². The molecule has 0 aliphatic heterocycles. The minimum Gasteiger partial charge on any atom is -0.329 e. The third-order valence-corrected chi connectivity index (χ3v) is 4.63. The van der Waals surface area contributed by atoms with Crippen LogP contribution < -0.4 is 5.73 Å². The first-order valence-electron chi connectivity index (χ1n) is 5.25. The molecule has 0 unspecified atom stereocenters. The quantitative estimate of drug-likeness (QED) is 0.841. The maximum Gasteiger partial charge on any atom is 0.101 e. The summed E-state index contributed by atoms with van der Waals surface area (Å²) in [5, 5.41) is 1.21. The Hall–Kier alpha value is -1.00. The van der Waals surface area contributed by atoms with Gasteiger partial charge < -0.3 is 5.73 Å². The van der Waals surface area contributed by atoms with Crippen LogP contribution in [-0.2, 0) is 5.41 Å². The topological polar surface area (TPSA) is 51.8 Å². The first-order valence-corrected chi connectivity index (χ1v) is 6.07. The van der Waals surface area contributed by atoms with Crippen LogP contribution >= 0.6 is 11.3 Å². The number of nitrogens with two attached hydrogens (primary N) is 1. The van der Waals surface area contributed by atoms with E-state index in [4.69, 9.17) is 5.73 Å². The molecule has 4 heteroatoms. The Balaban J connectivity index is 2.11. The van der Waals surface area contributed by atoms with Crippen molar-refractivity contribution in [3.8, 4) is 0 Å². The lowest BCUT2D eigenvalue weighted by Gasteiger charge is -2.38. The second-order valence-corrected chi connectivity index (χ2v) is 5.23. The highest BCUT2D eigenvalue weighted by atomic mass is 32.1. The molecule has 3 nitrogen and oxygen atoms in total. The van der Waals surface area contributed by atoms with Gasteiger partial charge in [0, 0.05) is 18.2 Å². The van der Waals surface area contributed by atoms with Crippen molar-refractivity contribution in [1.29, 1.82) is 0 Å². The van der Waals surface area contributed by atoms with Gasteiger partial charge in [-0.15, -0.1) is 11.3 Å². The summed E-state index contributed by atoms with van der Waals surface area (Å²) in [5.74, 6) is 0. The Morgan fingerprint density at radius 2 is 2.33 bits per heavy atom. The van der Waals surface area contributed by atoms with Crippen molar-refractivity contribution in [1.82, 2.24) is 9.97 Å². The molecule has 1 aliphatic carbocycles. The maximum absolute atomic E-state index is 5.87. The standard InChI is InChI=1S/C11H13N3S/c12-7-11(3-1-4-11)10-14-8-6-13-5-2-9(8)15-10/h2,5-6H,1,3-4,7,12H2. The van der Waals surface area contributed by atoms with Gasteiger partial charge in [-0.05, 0) is 18.9 Å². The zero-order chi connectivity index (χ0) is 10.3. The molecule has 1 fully saturated rings. The molecule has 0 amide bonds. The van der Waals surface area contributed by atoms with Gasteiger partial charge in [-0.3, -0.25) is 4.98 Å². The SMILES string of the molecule is NCC1(c2nc3cnccc3s2)CCC1. The summed E-state index contributed by atoms with van der Waals surface area (Å²) in [6.45, 7) is 0.722. The summed E-state index contributed by atoms with van der Waals surface area (Å²) in [4.78, 5) is 8.74. The van der Waals surface area contributed by atoms with Crippen LogP contribution in [0.25, 0.3) is 10.2 Å². The largest absolute Gasteiger partial charge is 0.329 e. The maximum atomic E-state index is 5.87. The number of aromatic nitrogens is 2. The van der Waals surface area contributed by atoms with Crippen molar-refractivity contribution in [3.05, 3.63) is 23.5 Å². The summed E-state index contributed by atoms with van der Waals surface area (Å²) in [6.07, 6.45) is 7.32. The number of hydrogen-bond donors (Lipinski definition) is 1. The van der Waals surface area contributed by atoms with E-state index < -0.39 is 0 Å². The number of pyridine rings is 1. The highest BCUT2D eigenvalue weighted by Gasteiger charge is 2.40. The van der Waals surface area contributed by atoms with E-state index in [1.807, 2.05) is 18.5 Å². The van der Waals surface area contributed by atoms with Crippen molar-refractivity contribution in [2.75, 3.05) is 6.54 Å². The summed E-state index contributed by atoms with van der Waals surface area (Å²) in [7, 11) is 0. The molecule has 2 aromatic rings. The van der Waals surface area contributed by atoms with Gasteiger partial charge in [0.15, 0.2) is 0 Å². The fourth-order valence-corrected chi connectivity index (χ4v) is 3.30. The Morgan fingerprint density at radius 1 is 1.47 bits per heavy atom. The fourth-order valence-electron chi connectivity index (χ4n) is 2.12. The van der Waals surface area contributed by atoms with E-state index in [1.165, 1.54) is 29.0 Å². The van der Waals surface area contributed by atoms with Crippen molar-refractivity contribution in [3.63, 3.8) is 0 Å². The average molecular weight is 219 g/mol. The highest BCUT2D eigenvalue weighted by Crippen LogP contribution is 2.45. The number of thiazole rings is 1. The zero-order valence-electron chi connectivity index (χ0n) is 8.44. The first-order chi connectivity index (χ1) is 7.34.